The largest absolute Gasteiger partial charge is 0.363 e. The van der Waals surface area contributed by atoms with Gasteiger partial charge in [-0.2, -0.15) is 0 Å². The second-order valence-electron chi connectivity index (χ2n) is 7.04. The Hall–Kier alpha value is -2.61. The van der Waals surface area contributed by atoms with Crippen molar-refractivity contribution in [2.45, 2.75) is 31.5 Å². The van der Waals surface area contributed by atoms with E-state index in [1.165, 1.54) is 16.4 Å². The van der Waals surface area contributed by atoms with Gasteiger partial charge in [0.05, 0.1) is 13.1 Å². The number of carbonyl (C=O) groups is 3. The number of benzene rings is 1. The molecule has 3 fully saturated rings. The number of carbonyl (C=O) groups excluding carboxylic acids is 3. The molecule has 25 heavy (non-hydrogen) atoms. The van der Waals surface area contributed by atoms with Crippen molar-refractivity contribution in [2.75, 3.05) is 24.5 Å². The van der Waals surface area contributed by atoms with Gasteiger partial charge in [0, 0.05) is 42.8 Å². The number of hydrogen-bond donors (Lipinski definition) is 2. The van der Waals surface area contributed by atoms with Crippen LogP contribution in [0.3, 0.4) is 0 Å². The smallest absolute Gasteiger partial charge is 0.342 e. The monoisotopic (exact) mass is 341 g/mol. The van der Waals surface area contributed by atoms with Crippen LogP contribution in [0.2, 0.25) is 0 Å². The second-order valence-corrected chi connectivity index (χ2v) is 7.04. The van der Waals surface area contributed by atoms with E-state index >= 15 is 0 Å². The predicted molar refractivity (Wildman–Crippen MR) is 88.7 cm³/mol. The van der Waals surface area contributed by atoms with Gasteiger partial charge in [-0.3, -0.25) is 14.9 Å². The van der Waals surface area contributed by atoms with Crippen molar-refractivity contribution in [2.24, 2.45) is 0 Å². The third-order valence-corrected chi connectivity index (χ3v) is 5.59. The van der Waals surface area contributed by atoms with E-state index in [1.54, 1.807) is 0 Å². The number of urea groups is 1. The molecule has 8 heteroatoms. The van der Waals surface area contributed by atoms with Crippen LogP contribution in [0, 0.1) is 0 Å². The number of nitrogens with zero attached hydrogens (tertiary/aromatic N) is 3. The van der Waals surface area contributed by atoms with Crippen LogP contribution in [0.15, 0.2) is 18.2 Å². The topological polar surface area (TPSA) is 85.0 Å². The molecule has 5 rings (SSSR count). The van der Waals surface area contributed by atoms with Gasteiger partial charge in [0.15, 0.2) is 0 Å². The van der Waals surface area contributed by atoms with Crippen molar-refractivity contribution >= 4 is 23.5 Å². The van der Waals surface area contributed by atoms with Crippen LogP contribution in [-0.4, -0.2) is 59.6 Å². The molecule has 4 amide bonds. The Kier molecular flexibility index (Phi) is 3.05. The summed E-state index contributed by atoms with van der Waals surface area (Å²) in [5, 5.41) is 8.46. The molecule has 130 valence electrons. The highest BCUT2D eigenvalue weighted by molar-refractivity contribution is 6.02. The maximum absolute atomic E-state index is 12.7. The number of imide groups is 1. The van der Waals surface area contributed by atoms with Crippen molar-refractivity contribution in [3.05, 3.63) is 29.3 Å². The summed E-state index contributed by atoms with van der Waals surface area (Å²) in [6.07, 6.45) is 1.43. The lowest BCUT2D eigenvalue weighted by Crippen LogP contribution is -2.68. The number of fused-ring (bicyclic) bond motifs is 3. The molecule has 3 saturated heterocycles. The Bertz CT molecular complexity index is 780. The Morgan fingerprint density at radius 1 is 1.04 bits per heavy atom. The first-order valence-electron chi connectivity index (χ1n) is 8.67. The standard InChI is InChI=1S/C17H19N5O3/c23-15-3-4-20(17(25)19-15)21-9-10-5-11(1-2-14(10)16(21)24)22-12-6-13(22)8-18-7-12/h1-2,5,12-13,18H,3-4,6-9H2,(H,19,23,25). The van der Waals surface area contributed by atoms with E-state index in [2.05, 4.69) is 21.6 Å². The minimum Gasteiger partial charge on any atom is -0.363 e. The van der Waals surface area contributed by atoms with Gasteiger partial charge in [-0.1, -0.05) is 0 Å². The van der Waals surface area contributed by atoms with Crippen LogP contribution in [0.5, 0.6) is 0 Å². The summed E-state index contributed by atoms with van der Waals surface area (Å²) in [5.41, 5.74) is 2.72. The number of nitrogens with one attached hydrogen (secondary N) is 2. The summed E-state index contributed by atoms with van der Waals surface area (Å²) in [5.74, 6) is -0.484. The fourth-order valence-corrected chi connectivity index (χ4v) is 4.34. The van der Waals surface area contributed by atoms with Crippen LogP contribution >= 0.6 is 0 Å². The molecule has 2 N–H and O–H groups in total. The molecule has 1 aromatic carbocycles. The van der Waals surface area contributed by atoms with Crippen LogP contribution in [0.25, 0.3) is 0 Å². The first-order chi connectivity index (χ1) is 12.1. The van der Waals surface area contributed by atoms with E-state index < -0.39 is 6.03 Å². The van der Waals surface area contributed by atoms with Crippen molar-refractivity contribution in [3.8, 4) is 0 Å². The van der Waals surface area contributed by atoms with Crippen LogP contribution in [0.4, 0.5) is 10.5 Å². The fraction of sp³-hybridized carbons (Fsp3) is 0.471. The Morgan fingerprint density at radius 3 is 2.56 bits per heavy atom. The normalized spacial score (nSPS) is 28.0. The maximum atomic E-state index is 12.7. The number of rotatable bonds is 2. The molecule has 0 spiro atoms. The van der Waals surface area contributed by atoms with E-state index in [4.69, 9.17) is 0 Å². The SMILES string of the molecule is O=C1CCN(N2Cc3cc(N4C5CNCC4C5)ccc3C2=O)C(=O)N1. The van der Waals surface area contributed by atoms with Crippen LogP contribution in [-0.2, 0) is 11.3 Å². The van der Waals surface area contributed by atoms with Gasteiger partial charge < -0.3 is 10.2 Å². The number of piperazine rings is 1. The zero-order valence-electron chi connectivity index (χ0n) is 13.7. The molecule has 4 aliphatic heterocycles. The molecule has 0 radical (unpaired) electrons. The van der Waals surface area contributed by atoms with E-state index in [-0.39, 0.29) is 24.8 Å². The summed E-state index contributed by atoms with van der Waals surface area (Å²) in [4.78, 5) is 38.5. The molecule has 2 unspecified atom stereocenters. The van der Waals surface area contributed by atoms with Gasteiger partial charge >= 0.3 is 6.03 Å². The lowest BCUT2D eigenvalue weighted by molar-refractivity contribution is -0.123. The fourth-order valence-electron chi connectivity index (χ4n) is 4.34. The van der Waals surface area contributed by atoms with E-state index in [0.29, 0.717) is 24.2 Å². The first kappa shape index (κ1) is 14.7. The van der Waals surface area contributed by atoms with E-state index in [9.17, 15) is 14.4 Å². The Balaban J connectivity index is 1.39. The van der Waals surface area contributed by atoms with Gasteiger partial charge in [0.2, 0.25) is 5.91 Å². The Morgan fingerprint density at radius 2 is 1.84 bits per heavy atom. The molecule has 0 saturated carbocycles. The van der Waals surface area contributed by atoms with Crippen molar-refractivity contribution in [3.63, 3.8) is 0 Å². The quantitative estimate of drug-likeness (QED) is 0.794. The van der Waals surface area contributed by atoms with E-state index in [0.717, 1.165) is 24.3 Å². The average Bonchev–Trinajstić information content (AvgIpc) is 2.92. The molecular weight excluding hydrogens is 322 g/mol. The number of hydrogen-bond acceptors (Lipinski definition) is 5. The average molecular weight is 341 g/mol. The molecule has 8 nitrogen and oxygen atoms in total. The van der Waals surface area contributed by atoms with Crippen LogP contribution in [0.1, 0.15) is 28.8 Å². The lowest BCUT2D eigenvalue weighted by Gasteiger charge is -2.54. The molecule has 2 bridgehead atoms. The number of hydrazine groups is 1. The number of amides is 4. The maximum Gasteiger partial charge on any atom is 0.342 e. The van der Waals surface area contributed by atoms with Gasteiger partial charge in [0.25, 0.3) is 5.91 Å². The highest BCUT2D eigenvalue weighted by Gasteiger charge is 2.42. The van der Waals surface area contributed by atoms with Gasteiger partial charge in [-0.15, -0.1) is 0 Å². The summed E-state index contributed by atoms with van der Waals surface area (Å²) < 4.78 is 0. The zero-order valence-corrected chi connectivity index (χ0v) is 13.7. The molecule has 2 atom stereocenters. The summed E-state index contributed by atoms with van der Waals surface area (Å²) in [7, 11) is 0. The second kappa shape index (κ2) is 5.19. The highest BCUT2D eigenvalue weighted by atomic mass is 16.2. The minimum absolute atomic E-state index is 0.184. The summed E-state index contributed by atoms with van der Waals surface area (Å²) >= 11 is 0. The third kappa shape index (κ3) is 2.13. The number of piperidine rings is 1. The number of anilines is 1. The molecule has 4 aliphatic rings. The van der Waals surface area contributed by atoms with Crippen molar-refractivity contribution in [1.29, 1.82) is 0 Å². The highest BCUT2D eigenvalue weighted by Crippen LogP contribution is 2.37. The van der Waals surface area contributed by atoms with Crippen LogP contribution < -0.4 is 15.5 Å². The van der Waals surface area contributed by atoms with Gasteiger partial charge in [-0.05, 0) is 30.2 Å². The van der Waals surface area contributed by atoms with Gasteiger partial charge in [-0.25, -0.2) is 14.8 Å². The molecule has 0 aliphatic carbocycles. The van der Waals surface area contributed by atoms with Crippen molar-refractivity contribution < 1.29 is 14.4 Å². The predicted octanol–water partition coefficient (Wildman–Crippen LogP) is 0.0498. The Labute approximate surface area is 144 Å². The van der Waals surface area contributed by atoms with Gasteiger partial charge in [0.1, 0.15) is 0 Å². The molecule has 4 heterocycles. The molecule has 0 aromatic heterocycles. The first-order valence-corrected chi connectivity index (χ1v) is 8.67. The summed E-state index contributed by atoms with van der Waals surface area (Å²) in [6.45, 7) is 2.60. The zero-order chi connectivity index (χ0) is 17.1. The molecule has 1 aromatic rings. The lowest BCUT2D eigenvalue weighted by atomic mass is 9.87. The van der Waals surface area contributed by atoms with Crippen molar-refractivity contribution in [1.82, 2.24) is 20.7 Å². The third-order valence-electron chi connectivity index (χ3n) is 5.59. The summed E-state index contributed by atoms with van der Waals surface area (Å²) in [6, 6.07) is 6.48. The minimum atomic E-state index is -0.527. The molecular formula is C17H19N5O3. The van der Waals surface area contributed by atoms with E-state index in [1.807, 2.05) is 12.1 Å².